The van der Waals surface area contributed by atoms with Gasteiger partial charge in [-0.15, -0.1) is 0 Å². The molecule has 0 bridgehead atoms. The number of hydrogen-bond donors (Lipinski definition) is 1. The zero-order valence-electron chi connectivity index (χ0n) is 10.5. The second kappa shape index (κ2) is 5.02. The first kappa shape index (κ1) is 13.3. The largest absolute Gasteiger partial charge is 0.384 e. The molecule has 1 heterocycles. The fourth-order valence-electron chi connectivity index (χ4n) is 1.64. The molecule has 1 aromatic rings. The summed E-state index contributed by atoms with van der Waals surface area (Å²) in [6.45, 7) is 7.97. The van der Waals surface area contributed by atoms with Crippen molar-refractivity contribution in [2.24, 2.45) is 7.05 Å². The fraction of sp³-hybridized carbons (Fsp3) is 0.583. The van der Waals surface area contributed by atoms with Gasteiger partial charge in [-0.05, 0) is 19.8 Å². The molecule has 1 aromatic heterocycles. The third kappa shape index (κ3) is 2.66. The molecule has 1 atom stereocenters. The molecular weight excluding hydrogens is 224 g/mol. The predicted molar refractivity (Wildman–Crippen MR) is 66.7 cm³/mol. The van der Waals surface area contributed by atoms with E-state index >= 15 is 0 Å². The Kier molecular flexibility index (Phi) is 4.16. The highest BCUT2D eigenvalue weighted by atomic mass is 35.5. The number of halogens is 1. The Hall–Kier alpha value is -0.800. The van der Waals surface area contributed by atoms with Gasteiger partial charge in [0.25, 0.3) is 0 Å². The van der Waals surface area contributed by atoms with Crippen molar-refractivity contribution in [3.63, 3.8) is 0 Å². The van der Waals surface area contributed by atoms with Crippen LogP contribution in [-0.4, -0.2) is 14.9 Å². The van der Waals surface area contributed by atoms with Gasteiger partial charge in [0.15, 0.2) is 0 Å². The van der Waals surface area contributed by atoms with Gasteiger partial charge in [0.05, 0.1) is 5.69 Å². The Morgan fingerprint density at radius 1 is 1.44 bits per heavy atom. The molecule has 0 saturated heterocycles. The summed E-state index contributed by atoms with van der Waals surface area (Å²) in [6.07, 6.45) is 1.11. The van der Waals surface area contributed by atoms with Crippen LogP contribution >= 0.6 is 11.6 Å². The average molecular weight is 243 g/mol. The number of allylic oxidation sites excluding steroid dienone is 1. The van der Waals surface area contributed by atoms with Crippen molar-refractivity contribution in [3.05, 3.63) is 28.1 Å². The molecule has 0 aliphatic rings. The Balaban J connectivity index is 3.25. The van der Waals surface area contributed by atoms with Crippen molar-refractivity contribution < 1.29 is 5.11 Å². The maximum atomic E-state index is 10.1. The normalized spacial score (nSPS) is 13.0. The quantitative estimate of drug-likeness (QED) is 0.827. The first-order valence-electron chi connectivity index (χ1n) is 5.40. The molecule has 90 valence electrons. The molecule has 0 aromatic carbocycles. The Labute approximate surface area is 102 Å². The van der Waals surface area contributed by atoms with Crippen LogP contribution in [0.5, 0.6) is 0 Å². The number of rotatable bonds is 3. The summed E-state index contributed by atoms with van der Waals surface area (Å²) in [5.41, 5.74) is 2.64. The lowest BCUT2D eigenvalue weighted by Crippen LogP contribution is -2.00. The van der Waals surface area contributed by atoms with E-state index in [-0.39, 0.29) is 5.92 Å². The fourth-order valence-corrected chi connectivity index (χ4v) is 1.88. The molecule has 0 aliphatic heterocycles. The average Bonchev–Trinajstić information content (AvgIpc) is 2.42. The molecule has 0 radical (unpaired) electrons. The van der Waals surface area contributed by atoms with Gasteiger partial charge in [-0.3, -0.25) is 4.68 Å². The maximum Gasteiger partial charge on any atom is 0.133 e. The van der Waals surface area contributed by atoms with E-state index in [1.165, 1.54) is 0 Å². The highest BCUT2D eigenvalue weighted by Crippen LogP contribution is 2.31. The summed E-state index contributed by atoms with van der Waals surface area (Å²) in [7, 11) is 1.78. The molecule has 0 saturated carbocycles. The summed E-state index contributed by atoms with van der Waals surface area (Å²) in [5.74, 6) is 0.244. The van der Waals surface area contributed by atoms with Crippen LogP contribution in [0, 0.1) is 0 Å². The van der Waals surface area contributed by atoms with Crippen LogP contribution in [0.4, 0.5) is 0 Å². The molecule has 3 nitrogen and oxygen atoms in total. The van der Waals surface area contributed by atoms with Crippen LogP contribution in [0.2, 0.25) is 5.15 Å². The summed E-state index contributed by atoms with van der Waals surface area (Å²) >= 11 is 6.15. The minimum Gasteiger partial charge on any atom is -0.384 e. The van der Waals surface area contributed by atoms with Crippen LogP contribution < -0.4 is 0 Å². The zero-order chi connectivity index (χ0) is 12.5. The number of aliphatic hydroxyl groups excluding tert-OH is 1. The third-order valence-corrected chi connectivity index (χ3v) is 2.82. The lowest BCUT2D eigenvalue weighted by molar-refractivity contribution is 0.226. The number of aryl methyl sites for hydroxylation is 1. The lowest BCUT2D eigenvalue weighted by Gasteiger charge is -2.10. The molecular formula is C12H19ClN2O. The van der Waals surface area contributed by atoms with Gasteiger partial charge in [0.2, 0.25) is 0 Å². The highest BCUT2D eigenvalue weighted by Gasteiger charge is 2.21. The Bertz CT molecular complexity index is 403. The molecule has 0 fully saturated rings. The van der Waals surface area contributed by atoms with Crippen LogP contribution in [0.15, 0.2) is 11.6 Å². The molecule has 16 heavy (non-hydrogen) atoms. The molecule has 1 unspecified atom stereocenters. The van der Waals surface area contributed by atoms with Gasteiger partial charge in [-0.25, -0.2) is 0 Å². The van der Waals surface area contributed by atoms with Gasteiger partial charge in [-0.2, -0.15) is 5.10 Å². The first-order chi connectivity index (χ1) is 7.34. The lowest BCUT2D eigenvalue weighted by atomic mass is 10.0. The van der Waals surface area contributed by atoms with Crippen LogP contribution in [0.3, 0.4) is 0 Å². The zero-order valence-corrected chi connectivity index (χ0v) is 11.2. The number of aliphatic hydroxyl groups is 1. The standard InChI is InChI=1S/C12H19ClN2O/c1-7(2)6-9(16)10-11(8(3)4)14-15(5)12(10)13/h6,8-9,16H,1-5H3. The van der Waals surface area contributed by atoms with Crippen LogP contribution in [-0.2, 0) is 7.05 Å². The summed E-state index contributed by atoms with van der Waals surface area (Å²) in [4.78, 5) is 0. The maximum absolute atomic E-state index is 10.1. The van der Waals surface area contributed by atoms with Crippen molar-refractivity contribution in [1.82, 2.24) is 9.78 Å². The molecule has 1 N–H and O–H groups in total. The minimum absolute atomic E-state index is 0.244. The summed E-state index contributed by atoms with van der Waals surface area (Å²) in [6, 6.07) is 0. The molecule has 0 amide bonds. The van der Waals surface area contributed by atoms with Gasteiger partial charge < -0.3 is 5.11 Å². The van der Waals surface area contributed by atoms with Crippen molar-refractivity contribution in [3.8, 4) is 0 Å². The van der Waals surface area contributed by atoms with Crippen molar-refractivity contribution in [2.45, 2.75) is 39.7 Å². The van der Waals surface area contributed by atoms with Crippen molar-refractivity contribution in [2.75, 3.05) is 0 Å². The highest BCUT2D eigenvalue weighted by molar-refractivity contribution is 6.30. The van der Waals surface area contributed by atoms with Crippen LogP contribution in [0.1, 0.15) is 51.0 Å². The molecule has 0 spiro atoms. The van der Waals surface area contributed by atoms with E-state index in [1.807, 2.05) is 27.7 Å². The van der Waals surface area contributed by atoms with E-state index in [0.29, 0.717) is 5.15 Å². The van der Waals surface area contributed by atoms with Gasteiger partial charge in [-0.1, -0.05) is 37.1 Å². The molecule has 4 heteroatoms. The topological polar surface area (TPSA) is 38.1 Å². The van der Waals surface area contributed by atoms with E-state index in [9.17, 15) is 5.11 Å². The smallest absolute Gasteiger partial charge is 0.133 e. The van der Waals surface area contributed by atoms with E-state index < -0.39 is 6.10 Å². The minimum atomic E-state index is -0.677. The van der Waals surface area contributed by atoms with Crippen molar-refractivity contribution >= 4 is 11.6 Å². The van der Waals surface area contributed by atoms with E-state index in [2.05, 4.69) is 5.10 Å². The molecule has 1 rings (SSSR count). The van der Waals surface area contributed by atoms with E-state index in [1.54, 1.807) is 17.8 Å². The van der Waals surface area contributed by atoms with Crippen LogP contribution in [0.25, 0.3) is 0 Å². The van der Waals surface area contributed by atoms with Gasteiger partial charge >= 0.3 is 0 Å². The summed E-state index contributed by atoms with van der Waals surface area (Å²) in [5, 5.41) is 14.9. The van der Waals surface area contributed by atoms with E-state index in [4.69, 9.17) is 11.6 Å². The monoisotopic (exact) mass is 242 g/mol. The SMILES string of the molecule is CC(C)=CC(O)c1c(C(C)C)nn(C)c1Cl. The second-order valence-corrected chi connectivity index (χ2v) is 4.91. The predicted octanol–water partition coefficient (Wildman–Crippen LogP) is 3.20. The third-order valence-electron chi connectivity index (χ3n) is 2.37. The van der Waals surface area contributed by atoms with Gasteiger partial charge in [0.1, 0.15) is 11.3 Å². The first-order valence-corrected chi connectivity index (χ1v) is 5.77. The Morgan fingerprint density at radius 2 is 2.00 bits per heavy atom. The second-order valence-electron chi connectivity index (χ2n) is 4.56. The molecule has 0 aliphatic carbocycles. The number of hydrogen-bond acceptors (Lipinski definition) is 2. The number of aromatic nitrogens is 2. The van der Waals surface area contributed by atoms with E-state index in [0.717, 1.165) is 16.8 Å². The number of nitrogens with zero attached hydrogens (tertiary/aromatic N) is 2. The summed E-state index contributed by atoms with van der Waals surface area (Å²) < 4.78 is 1.61. The van der Waals surface area contributed by atoms with Gasteiger partial charge in [0, 0.05) is 12.6 Å². The Morgan fingerprint density at radius 3 is 2.44 bits per heavy atom. The van der Waals surface area contributed by atoms with Crippen molar-refractivity contribution in [1.29, 1.82) is 0 Å².